The summed E-state index contributed by atoms with van der Waals surface area (Å²) in [7, 11) is 0. The maximum Gasteiger partial charge on any atom is 0.212 e. The van der Waals surface area contributed by atoms with Gasteiger partial charge in [-0.15, -0.1) is 0 Å². The monoisotopic (exact) mass is 378 g/mol. The van der Waals surface area contributed by atoms with E-state index in [9.17, 15) is 25.2 Å². The van der Waals surface area contributed by atoms with Gasteiger partial charge in [0.1, 0.15) is 35.0 Å². The molecule has 2 atom stereocenters. The van der Waals surface area contributed by atoms with Gasteiger partial charge in [-0.25, -0.2) is 0 Å². The molecule has 6 nitrogen and oxygen atoms in total. The summed E-state index contributed by atoms with van der Waals surface area (Å²) >= 11 is 0. The third-order valence-corrected chi connectivity index (χ3v) is 4.87. The summed E-state index contributed by atoms with van der Waals surface area (Å²) < 4.78 is 5.60. The van der Waals surface area contributed by atoms with E-state index in [0.29, 0.717) is 0 Å². The van der Waals surface area contributed by atoms with E-state index in [1.54, 1.807) is 0 Å². The number of carbonyl (C=O) groups excluding carboxylic acids is 1. The van der Waals surface area contributed by atoms with Gasteiger partial charge >= 0.3 is 0 Å². The quantitative estimate of drug-likeness (QED) is 0.481. The highest BCUT2D eigenvalue weighted by Crippen LogP contribution is 2.40. The molecular formula is C22H18O6. The van der Waals surface area contributed by atoms with E-state index in [-0.39, 0.29) is 46.3 Å². The molecule has 0 radical (unpaired) electrons. The number of aliphatic hydroxyl groups excluding tert-OH is 2. The summed E-state index contributed by atoms with van der Waals surface area (Å²) in [4.78, 5) is 12.8. The second kappa shape index (κ2) is 6.81. The molecule has 1 heterocycles. The molecule has 1 aliphatic heterocycles. The largest absolute Gasteiger partial charge is 0.511 e. The number of benzene rings is 2. The standard InChI is InChI=1S/C22H18O6/c23-14-6-7-16(24)13(9-14)10-19-22(27)20-18(28-19)11-17(25)15(21(20)26)8-12-4-2-1-3-5-12/h1-7,9-11,18,20,23-26H,8H2/b19-10-. The van der Waals surface area contributed by atoms with Gasteiger partial charge in [0, 0.05) is 17.6 Å². The van der Waals surface area contributed by atoms with Crippen molar-refractivity contribution in [1.82, 2.24) is 0 Å². The third kappa shape index (κ3) is 3.09. The molecule has 0 saturated carbocycles. The van der Waals surface area contributed by atoms with E-state index in [1.165, 1.54) is 30.4 Å². The molecule has 1 aliphatic carbocycles. The van der Waals surface area contributed by atoms with Crippen molar-refractivity contribution < 1.29 is 30.0 Å². The zero-order valence-corrected chi connectivity index (χ0v) is 14.7. The summed E-state index contributed by atoms with van der Waals surface area (Å²) in [6, 6.07) is 13.2. The van der Waals surface area contributed by atoms with Crippen LogP contribution in [0.1, 0.15) is 11.1 Å². The van der Waals surface area contributed by atoms with Gasteiger partial charge < -0.3 is 25.2 Å². The number of Topliss-reactive ketones (excluding diaryl/α,β-unsaturated/α-hetero) is 1. The average molecular weight is 378 g/mol. The highest BCUT2D eigenvalue weighted by atomic mass is 16.5. The molecule has 0 aromatic heterocycles. The lowest BCUT2D eigenvalue weighted by Crippen LogP contribution is -2.27. The number of ketones is 1. The Morgan fingerprint density at radius 1 is 1.00 bits per heavy atom. The number of hydrogen-bond donors (Lipinski definition) is 4. The van der Waals surface area contributed by atoms with Gasteiger partial charge in [-0.05, 0) is 35.9 Å². The Labute approximate surface area is 161 Å². The van der Waals surface area contributed by atoms with Crippen molar-refractivity contribution in [3.05, 3.63) is 88.6 Å². The van der Waals surface area contributed by atoms with Crippen LogP contribution in [-0.4, -0.2) is 32.3 Å². The van der Waals surface area contributed by atoms with Gasteiger partial charge in [0.2, 0.25) is 5.78 Å². The smallest absolute Gasteiger partial charge is 0.212 e. The molecule has 1 fully saturated rings. The van der Waals surface area contributed by atoms with Crippen molar-refractivity contribution in [2.24, 2.45) is 5.92 Å². The molecule has 6 heteroatoms. The number of aliphatic hydroxyl groups is 2. The number of carbonyl (C=O) groups is 1. The van der Waals surface area contributed by atoms with Crippen LogP contribution in [0.2, 0.25) is 0 Å². The van der Waals surface area contributed by atoms with E-state index in [1.807, 2.05) is 30.3 Å². The van der Waals surface area contributed by atoms with Crippen LogP contribution in [0, 0.1) is 5.92 Å². The predicted octanol–water partition coefficient (Wildman–Crippen LogP) is 3.53. The molecule has 28 heavy (non-hydrogen) atoms. The Morgan fingerprint density at radius 3 is 2.50 bits per heavy atom. The lowest BCUT2D eigenvalue weighted by Gasteiger charge is -2.22. The van der Waals surface area contributed by atoms with Crippen LogP contribution < -0.4 is 0 Å². The summed E-state index contributed by atoms with van der Waals surface area (Å²) in [6.07, 6.45) is 2.16. The van der Waals surface area contributed by atoms with E-state index in [2.05, 4.69) is 0 Å². The Balaban J connectivity index is 1.68. The Bertz CT molecular complexity index is 1030. The second-order valence-electron chi connectivity index (χ2n) is 6.75. The Kier molecular flexibility index (Phi) is 4.31. The molecule has 1 saturated heterocycles. The second-order valence-corrected chi connectivity index (χ2v) is 6.75. The van der Waals surface area contributed by atoms with Crippen molar-refractivity contribution in [3.8, 4) is 11.5 Å². The van der Waals surface area contributed by atoms with E-state index < -0.39 is 17.8 Å². The number of hydrogen-bond acceptors (Lipinski definition) is 6. The summed E-state index contributed by atoms with van der Waals surface area (Å²) in [6.45, 7) is 0. The van der Waals surface area contributed by atoms with Crippen LogP contribution in [0.3, 0.4) is 0 Å². The van der Waals surface area contributed by atoms with Crippen molar-refractivity contribution in [3.63, 3.8) is 0 Å². The number of allylic oxidation sites excluding steroid dienone is 2. The fourth-order valence-electron chi connectivity index (χ4n) is 3.45. The normalized spacial score (nSPS) is 22.8. The minimum absolute atomic E-state index is 0.0625. The number of rotatable bonds is 3. The van der Waals surface area contributed by atoms with Crippen LogP contribution in [0.4, 0.5) is 0 Å². The van der Waals surface area contributed by atoms with E-state index >= 15 is 0 Å². The topological polar surface area (TPSA) is 107 Å². The molecule has 2 aromatic rings. The Morgan fingerprint density at radius 2 is 1.75 bits per heavy atom. The molecular weight excluding hydrogens is 360 g/mol. The van der Waals surface area contributed by atoms with Gasteiger partial charge in [-0.1, -0.05) is 30.3 Å². The number of phenols is 2. The minimum atomic E-state index is -0.958. The van der Waals surface area contributed by atoms with Crippen LogP contribution in [-0.2, 0) is 16.0 Å². The highest BCUT2D eigenvalue weighted by Gasteiger charge is 2.46. The maximum atomic E-state index is 12.8. The third-order valence-electron chi connectivity index (χ3n) is 4.87. The number of ether oxygens (including phenoxy) is 1. The van der Waals surface area contributed by atoms with Crippen molar-refractivity contribution >= 4 is 11.9 Å². The average Bonchev–Trinajstić information content (AvgIpc) is 2.98. The number of aromatic hydroxyl groups is 2. The molecule has 2 unspecified atom stereocenters. The van der Waals surface area contributed by atoms with E-state index in [4.69, 9.17) is 4.74 Å². The minimum Gasteiger partial charge on any atom is -0.511 e. The molecule has 2 aromatic carbocycles. The van der Waals surface area contributed by atoms with Gasteiger partial charge in [0.25, 0.3) is 0 Å². The highest BCUT2D eigenvalue weighted by molar-refractivity contribution is 6.03. The zero-order valence-electron chi connectivity index (χ0n) is 14.7. The van der Waals surface area contributed by atoms with Gasteiger partial charge in [0.05, 0.1) is 0 Å². The van der Waals surface area contributed by atoms with Crippen LogP contribution >= 0.6 is 0 Å². The molecule has 4 rings (SSSR count). The van der Waals surface area contributed by atoms with Crippen molar-refractivity contribution in [2.45, 2.75) is 12.5 Å². The summed E-state index contributed by atoms with van der Waals surface area (Å²) in [5, 5.41) is 40.5. The van der Waals surface area contributed by atoms with Gasteiger partial charge in [-0.2, -0.15) is 0 Å². The van der Waals surface area contributed by atoms with Crippen LogP contribution in [0.15, 0.2) is 77.5 Å². The summed E-state index contributed by atoms with van der Waals surface area (Å²) in [5.74, 6) is -2.02. The first-order valence-corrected chi connectivity index (χ1v) is 8.75. The zero-order chi connectivity index (χ0) is 19.8. The first-order valence-electron chi connectivity index (χ1n) is 8.75. The SMILES string of the molecule is O=C1/C(=C/c2cc(O)ccc2O)OC2C=C(O)C(Cc3ccccc3)=C(O)C12. The molecule has 0 amide bonds. The van der Waals surface area contributed by atoms with Crippen LogP contribution in [0.5, 0.6) is 11.5 Å². The molecule has 2 aliphatic rings. The maximum absolute atomic E-state index is 12.8. The fourth-order valence-corrected chi connectivity index (χ4v) is 3.45. The molecule has 142 valence electrons. The summed E-state index contributed by atoms with van der Waals surface area (Å²) in [5.41, 5.74) is 1.38. The first-order chi connectivity index (χ1) is 13.4. The number of phenolic OH excluding ortho intramolecular Hbond substituents is 2. The Hall–Kier alpha value is -3.67. The van der Waals surface area contributed by atoms with E-state index in [0.717, 1.165) is 5.56 Å². The molecule has 4 N–H and O–H groups in total. The van der Waals surface area contributed by atoms with Crippen LogP contribution in [0.25, 0.3) is 6.08 Å². The number of fused-ring (bicyclic) bond motifs is 1. The lowest BCUT2D eigenvalue weighted by atomic mass is 9.86. The van der Waals surface area contributed by atoms with Gasteiger partial charge in [-0.3, -0.25) is 4.79 Å². The van der Waals surface area contributed by atoms with Gasteiger partial charge in [0.15, 0.2) is 5.76 Å². The fraction of sp³-hybridized carbons (Fsp3) is 0.136. The van der Waals surface area contributed by atoms with Crippen molar-refractivity contribution in [1.29, 1.82) is 0 Å². The first kappa shape index (κ1) is 17.7. The van der Waals surface area contributed by atoms with Crippen molar-refractivity contribution in [2.75, 3.05) is 0 Å². The molecule has 0 bridgehead atoms. The predicted molar refractivity (Wildman–Crippen MR) is 102 cm³/mol. The molecule has 0 spiro atoms. The lowest BCUT2D eigenvalue weighted by molar-refractivity contribution is -0.117.